The molecule has 55 heavy (non-hydrogen) atoms. The van der Waals surface area contributed by atoms with Gasteiger partial charge in [-0.3, -0.25) is 19.2 Å². The molecule has 5 atom stereocenters. The molecule has 6 N–H and O–H groups in total. The second kappa shape index (κ2) is 20.8. The highest BCUT2D eigenvalue weighted by Gasteiger charge is 2.35. The Bertz CT molecular complexity index is 1700. The molecule has 14 heteroatoms. The van der Waals surface area contributed by atoms with E-state index < -0.39 is 63.8 Å². The van der Waals surface area contributed by atoms with Gasteiger partial charge in [0.25, 0.3) is 0 Å². The van der Waals surface area contributed by atoms with Crippen LogP contribution in [0.5, 0.6) is 5.75 Å². The van der Waals surface area contributed by atoms with Gasteiger partial charge in [0.1, 0.15) is 23.9 Å². The van der Waals surface area contributed by atoms with Crippen LogP contribution in [-0.4, -0.2) is 81.6 Å². The maximum absolute atomic E-state index is 14.1. The fraction of sp³-hybridized carbons (Fsp3) is 0.610. The number of aliphatic hydroxyl groups excluding tert-OH is 1. The fourth-order valence-corrected chi connectivity index (χ4v) is 8.04. The third-order valence-corrected chi connectivity index (χ3v) is 11.8. The van der Waals surface area contributed by atoms with Crippen molar-refractivity contribution in [3.63, 3.8) is 0 Å². The topological polar surface area (TPSA) is 192 Å². The lowest BCUT2D eigenvalue weighted by atomic mass is 9.85. The van der Waals surface area contributed by atoms with Crippen LogP contribution in [-0.2, 0) is 35.6 Å². The minimum absolute atomic E-state index is 0.0262. The summed E-state index contributed by atoms with van der Waals surface area (Å²) >= 11 is 0. The average molecular weight is 784 g/mol. The number of sulfonamides is 1. The molecule has 2 aromatic rings. The van der Waals surface area contributed by atoms with E-state index in [1.54, 1.807) is 6.07 Å². The van der Waals surface area contributed by atoms with Crippen LogP contribution in [0.25, 0.3) is 0 Å². The maximum Gasteiger partial charge on any atom is 0.245 e. The second-order valence-corrected chi connectivity index (χ2v) is 17.8. The van der Waals surface area contributed by atoms with Gasteiger partial charge in [0.2, 0.25) is 33.7 Å². The fourth-order valence-electron chi connectivity index (χ4n) is 7.28. The Labute approximate surface area is 326 Å². The van der Waals surface area contributed by atoms with Crippen LogP contribution >= 0.6 is 0 Å². The molecule has 1 fully saturated rings. The maximum atomic E-state index is 14.1. The van der Waals surface area contributed by atoms with Crippen molar-refractivity contribution in [3.8, 4) is 5.75 Å². The van der Waals surface area contributed by atoms with E-state index in [0.29, 0.717) is 30.2 Å². The number of ether oxygens (including phenoxy) is 1. The predicted octanol–water partition coefficient (Wildman–Crippen LogP) is 3.70. The smallest absolute Gasteiger partial charge is 0.245 e. The molecule has 2 aliphatic rings. The van der Waals surface area contributed by atoms with E-state index >= 15 is 0 Å². The molecular weight excluding hydrogens is 723 g/mol. The zero-order valence-corrected chi connectivity index (χ0v) is 33.8. The van der Waals surface area contributed by atoms with Gasteiger partial charge in [-0.2, -0.15) is 0 Å². The summed E-state index contributed by atoms with van der Waals surface area (Å²) in [5.74, 6) is -1.46. The van der Waals surface area contributed by atoms with Gasteiger partial charge in [0.15, 0.2) is 0 Å². The first-order valence-corrected chi connectivity index (χ1v) is 21.2. The van der Waals surface area contributed by atoms with Crippen LogP contribution in [0.3, 0.4) is 0 Å². The summed E-state index contributed by atoms with van der Waals surface area (Å²) in [5, 5.41) is 22.7. The summed E-state index contributed by atoms with van der Waals surface area (Å²) in [6.07, 6.45) is 6.03. The van der Waals surface area contributed by atoms with Crippen molar-refractivity contribution in [2.24, 2.45) is 17.8 Å². The molecule has 0 spiro atoms. The van der Waals surface area contributed by atoms with Crippen molar-refractivity contribution in [1.29, 1.82) is 0 Å². The molecule has 0 bridgehead atoms. The quantitative estimate of drug-likeness (QED) is 0.117. The van der Waals surface area contributed by atoms with Crippen molar-refractivity contribution in [1.82, 2.24) is 26.0 Å². The Morgan fingerprint density at radius 3 is 2.20 bits per heavy atom. The van der Waals surface area contributed by atoms with E-state index in [0.717, 1.165) is 37.7 Å². The van der Waals surface area contributed by atoms with Gasteiger partial charge in [-0.25, -0.2) is 13.1 Å². The molecule has 0 saturated heterocycles. The van der Waals surface area contributed by atoms with E-state index in [1.165, 1.54) is 25.6 Å². The molecule has 4 rings (SSSR count). The molecule has 1 aliphatic heterocycles. The molecule has 13 nitrogen and oxygen atoms in total. The summed E-state index contributed by atoms with van der Waals surface area (Å²) in [6.45, 7) is 8.28. The van der Waals surface area contributed by atoms with Gasteiger partial charge in [-0.15, -0.1) is 0 Å². The highest BCUT2D eigenvalue weighted by atomic mass is 32.2. The van der Waals surface area contributed by atoms with Crippen molar-refractivity contribution in [3.05, 3.63) is 59.7 Å². The first kappa shape index (κ1) is 43.7. The van der Waals surface area contributed by atoms with Crippen LogP contribution in [0.2, 0.25) is 0 Å². The second-order valence-electron chi connectivity index (χ2n) is 15.9. The Morgan fingerprint density at radius 2 is 1.55 bits per heavy atom. The van der Waals surface area contributed by atoms with E-state index in [2.05, 4.69) is 26.0 Å². The van der Waals surface area contributed by atoms with Crippen molar-refractivity contribution < 1.29 is 37.4 Å². The van der Waals surface area contributed by atoms with Crippen molar-refractivity contribution in [2.45, 2.75) is 127 Å². The van der Waals surface area contributed by atoms with Crippen molar-refractivity contribution in [2.75, 3.05) is 20.2 Å². The molecule has 1 heterocycles. The van der Waals surface area contributed by atoms with Gasteiger partial charge in [-0.1, -0.05) is 90.1 Å². The number of carbonyl (C=O) groups is 4. The van der Waals surface area contributed by atoms with Gasteiger partial charge in [0, 0.05) is 30.9 Å². The van der Waals surface area contributed by atoms with Gasteiger partial charge in [-0.05, 0) is 67.8 Å². The summed E-state index contributed by atoms with van der Waals surface area (Å²) in [4.78, 5) is 55.1. The van der Waals surface area contributed by atoms with E-state index in [9.17, 15) is 32.7 Å². The molecule has 1 saturated carbocycles. The normalized spacial score (nSPS) is 18.1. The predicted molar refractivity (Wildman–Crippen MR) is 211 cm³/mol. The number of aliphatic hydroxyl groups is 1. The highest BCUT2D eigenvalue weighted by Crippen LogP contribution is 2.37. The first-order valence-electron chi connectivity index (χ1n) is 19.8. The Morgan fingerprint density at radius 1 is 0.855 bits per heavy atom. The molecule has 1 unspecified atom stereocenters. The van der Waals surface area contributed by atoms with Crippen LogP contribution in [0.15, 0.2) is 53.4 Å². The SMILES string of the molecule is CNS(=O)(=O)c1ccc2c(c1)C(CC(=O)N[C@@H](Cc1ccccc1)C(=O)N[C@@H](CC(C)C)C(=O)N[C@H](C(=O)NCC(C)C)[C@@H](O)CCC1CCCCC1)CO2. The van der Waals surface area contributed by atoms with Gasteiger partial charge >= 0.3 is 0 Å². The lowest BCUT2D eigenvalue weighted by Gasteiger charge is -2.29. The third-order valence-electron chi connectivity index (χ3n) is 10.4. The Hall–Kier alpha value is -4.01. The lowest BCUT2D eigenvalue weighted by Crippen LogP contribution is -2.60. The van der Waals surface area contributed by atoms with Crippen LogP contribution in [0, 0.1) is 17.8 Å². The molecule has 304 valence electrons. The van der Waals surface area contributed by atoms with Crippen molar-refractivity contribution >= 4 is 33.7 Å². The van der Waals surface area contributed by atoms with E-state index in [4.69, 9.17) is 4.74 Å². The lowest BCUT2D eigenvalue weighted by molar-refractivity contribution is -0.135. The number of benzene rings is 2. The van der Waals surface area contributed by atoms with Gasteiger partial charge in [0.05, 0.1) is 17.6 Å². The molecule has 2 aromatic carbocycles. The molecule has 0 radical (unpaired) electrons. The minimum atomic E-state index is -3.72. The number of hydrogen-bond acceptors (Lipinski definition) is 8. The molecular formula is C41H61N5O8S. The number of amides is 4. The summed E-state index contributed by atoms with van der Waals surface area (Å²) in [6, 6.07) is 10.3. The average Bonchev–Trinajstić information content (AvgIpc) is 3.56. The van der Waals surface area contributed by atoms with E-state index in [1.807, 2.05) is 58.0 Å². The monoisotopic (exact) mass is 783 g/mol. The van der Waals surface area contributed by atoms with Crippen LogP contribution in [0.4, 0.5) is 0 Å². The molecule has 1 aliphatic carbocycles. The van der Waals surface area contributed by atoms with E-state index in [-0.39, 0.29) is 42.6 Å². The number of hydrogen-bond donors (Lipinski definition) is 6. The Kier molecular flexibility index (Phi) is 16.5. The number of rotatable bonds is 20. The zero-order chi connectivity index (χ0) is 40.1. The molecule has 0 aromatic heterocycles. The third kappa shape index (κ3) is 13.3. The molecule has 4 amide bonds. The minimum Gasteiger partial charge on any atom is -0.493 e. The first-order chi connectivity index (χ1) is 26.2. The number of carbonyl (C=O) groups excluding carboxylic acids is 4. The highest BCUT2D eigenvalue weighted by molar-refractivity contribution is 7.89. The standard InChI is InChI=1S/C41H61N5O8S/c1-26(2)20-33(40(50)46-38(41(51)43-24-27(3)4)35(47)18-16-28-12-8-6-9-13-28)45-39(49)34(21-29-14-10-7-11-15-29)44-37(48)22-30-25-54-36-19-17-31(23-32(30)36)55(52,53)42-5/h7,10-11,14-15,17,19,23,26-28,30,33-35,38,42,47H,6,8-9,12-13,16,18,20-22,24-25H2,1-5H3,(H,43,51)(H,44,48)(H,45,49)(H,46,50)/t30?,33-,34-,35-,38-/m0/s1. The number of nitrogens with one attached hydrogen (secondary N) is 5. The summed E-state index contributed by atoms with van der Waals surface area (Å²) in [5.41, 5.74) is 1.37. The van der Waals surface area contributed by atoms with Crippen LogP contribution in [0.1, 0.15) is 103 Å². The summed E-state index contributed by atoms with van der Waals surface area (Å²) < 4.78 is 33.0. The number of fused-ring (bicyclic) bond motifs is 1. The van der Waals surface area contributed by atoms with Gasteiger partial charge < -0.3 is 31.1 Å². The zero-order valence-electron chi connectivity index (χ0n) is 32.9. The van der Waals surface area contributed by atoms with Crippen LogP contribution < -0.4 is 30.7 Å². The Balaban J connectivity index is 1.50. The summed E-state index contributed by atoms with van der Waals surface area (Å²) in [7, 11) is -2.40. The largest absolute Gasteiger partial charge is 0.493 e.